The minimum Gasteiger partial charge on any atom is -0.387 e. The average Bonchev–Trinajstić information content (AvgIpc) is 3.29. The first kappa shape index (κ1) is 21.4. The number of hydrogen-bond acceptors (Lipinski definition) is 8. The van der Waals surface area contributed by atoms with Gasteiger partial charge in [-0.15, -0.1) is 0 Å². The highest BCUT2D eigenvalue weighted by molar-refractivity contribution is 5.83. The fraction of sp³-hybridized carbons (Fsp3) is 0.684. The highest BCUT2D eigenvalue weighted by atomic mass is 16.6. The van der Waals surface area contributed by atoms with Crippen molar-refractivity contribution >= 4 is 22.9 Å². The molecular weight excluding hydrogens is 376 g/mol. The summed E-state index contributed by atoms with van der Waals surface area (Å²) in [4.78, 5) is 27.2. The SMILES string of the molecule is CCC(CC)Nc1ncnc2c1ncn2C1OC(C(=O)N(CC)CC)C(O)C1O. The normalized spacial score (nSPS) is 24.4. The Labute approximate surface area is 169 Å². The summed E-state index contributed by atoms with van der Waals surface area (Å²) >= 11 is 0. The van der Waals surface area contributed by atoms with Gasteiger partial charge < -0.3 is 25.2 Å². The molecule has 1 fully saturated rings. The Morgan fingerprint density at radius 3 is 2.48 bits per heavy atom. The van der Waals surface area contributed by atoms with Crippen LogP contribution in [0.5, 0.6) is 0 Å². The molecule has 0 radical (unpaired) electrons. The van der Waals surface area contributed by atoms with Crippen LogP contribution in [0.4, 0.5) is 5.82 Å². The number of aliphatic hydroxyl groups is 2. The minimum atomic E-state index is -1.34. The molecule has 0 aromatic carbocycles. The lowest BCUT2D eigenvalue weighted by Crippen LogP contribution is -2.45. The number of aliphatic hydroxyl groups excluding tert-OH is 2. The lowest BCUT2D eigenvalue weighted by molar-refractivity contribution is -0.148. The summed E-state index contributed by atoms with van der Waals surface area (Å²) in [6, 6.07) is 0.254. The molecule has 3 N–H and O–H groups in total. The maximum absolute atomic E-state index is 12.7. The lowest BCUT2D eigenvalue weighted by Gasteiger charge is -2.23. The third-order valence-corrected chi connectivity index (χ3v) is 5.52. The number of nitrogens with one attached hydrogen (secondary N) is 1. The lowest BCUT2D eigenvalue weighted by atomic mass is 10.1. The molecule has 10 nitrogen and oxygen atoms in total. The van der Waals surface area contributed by atoms with Crippen molar-refractivity contribution in [3.63, 3.8) is 0 Å². The Morgan fingerprint density at radius 2 is 1.86 bits per heavy atom. The van der Waals surface area contributed by atoms with Crippen molar-refractivity contribution in [3.8, 4) is 0 Å². The van der Waals surface area contributed by atoms with Gasteiger partial charge in [0.2, 0.25) is 0 Å². The van der Waals surface area contributed by atoms with Crippen LogP contribution in [-0.2, 0) is 9.53 Å². The van der Waals surface area contributed by atoms with Gasteiger partial charge in [-0.2, -0.15) is 0 Å². The van der Waals surface area contributed by atoms with Gasteiger partial charge >= 0.3 is 0 Å². The molecule has 3 heterocycles. The molecule has 0 bridgehead atoms. The first-order valence-corrected chi connectivity index (χ1v) is 10.2. The number of hydrogen-bond donors (Lipinski definition) is 3. The van der Waals surface area contributed by atoms with E-state index < -0.39 is 24.5 Å². The fourth-order valence-electron chi connectivity index (χ4n) is 3.64. The second-order valence-corrected chi connectivity index (χ2v) is 7.14. The predicted molar refractivity (Wildman–Crippen MR) is 107 cm³/mol. The standard InChI is InChI=1S/C19H30N6O4/c1-5-11(6-2)23-16-12-17(21-9-20-16)25(10-22-12)19-14(27)13(26)15(29-19)18(28)24(7-3)8-4/h9-11,13-15,19,26-27H,5-8H2,1-4H3,(H,20,21,23). The van der Waals surface area contributed by atoms with Gasteiger partial charge in [-0.25, -0.2) is 15.0 Å². The van der Waals surface area contributed by atoms with Crippen molar-refractivity contribution in [2.45, 2.75) is 71.1 Å². The maximum Gasteiger partial charge on any atom is 0.254 e. The minimum absolute atomic E-state index is 0.254. The summed E-state index contributed by atoms with van der Waals surface area (Å²) < 4.78 is 7.34. The predicted octanol–water partition coefficient (Wildman–Crippen LogP) is 0.914. The highest BCUT2D eigenvalue weighted by Crippen LogP contribution is 2.33. The quantitative estimate of drug-likeness (QED) is 0.591. The van der Waals surface area contributed by atoms with E-state index in [9.17, 15) is 15.0 Å². The topological polar surface area (TPSA) is 126 Å². The van der Waals surface area contributed by atoms with E-state index in [4.69, 9.17) is 4.74 Å². The molecule has 10 heteroatoms. The molecule has 4 unspecified atom stereocenters. The summed E-state index contributed by atoms with van der Waals surface area (Å²) in [6.45, 7) is 8.88. The molecule has 4 atom stereocenters. The van der Waals surface area contributed by atoms with Gasteiger partial charge in [0, 0.05) is 19.1 Å². The van der Waals surface area contributed by atoms with Crippen LogP contribution < -0.4 is 5.32 Å². The van der Waals surface area contributed by atoms with Gasteiger partial charge in [-0.05, 0) is 26.7 Å². The van der Waals surface area contributed by atoms with Gasteiger partial charge in [-0.1, -0.05) is 13.8 Å². The third kappa shape index (κ3) is 3.92. The van der Waals surface area contributed by atoms with Crippen LogP contribution >= 0.6 is 0 Å². The van der Waals surface area contributed by atoms with Crippen molar-refractivity contribution < 1.29 is 19.7 Å². The number of imidazole rings is 1. The molecular formula is C19H30N6O4. The number of fused-ring (bicyclic) bond motifs is 1. The van der Waals surface area contributed by atoms with Crippen molar-refractivity contribution in [2.24, 2.45) is 0 Å². The number of carbonyl (C=O) groups is 1. The van der Waals surface area contributed by atoms with E-state index >= 15 is 0 Å². The number of likely N-dealkylation sites (N-methyl/N-ethyl adjacent to an activating group) is 1. The second-order valence-electron chi connectivity index (χ2n) is 7.14. The molecule has 1 aliphatic heterocycles. The number of amides is 1. The van der Waals surface area contributed by atoms with E-state index in [1.165, 1.54) is 12.7 Å². The molecule has 0 aliphatic carbocycles. The number of aromatic nitrogens is 4. The summed E-state index contributed by atoms with van der Waals surface area (Å²) in [5.74, 6) is 0.255. The average molecular weight is 406 g/mol. The van der Waals surface area contributed by atoms with Crippen molar-refractivity contribution in [1.29, 1.82) is 0 Å². The number of anilines is 1. The van der Waals surface area contributed by atoms with E-state index in [1.54, 1.807) is 9.47 Å². The third-order valence-electron chi connectivity index (χ3n) is 5.52. The number of ether oxygens (including phenoxy) is 1. The van der Waals surface area contributed by atoms with Crippen molar-refractivity contribution in [2.75, 3.05) is 18.4 Å². The fourth-order valence-corrected chi connectivity index (χ4v) is 3.64. The summed E-state index contributed by atoms with van der Waals surface area (Å²) in [5.41, 5.74) is 1.00. The Bertz CT molecular complexity index is 835. The Morgan fingerprint density at radius 1 is 1.17 bits per heavy atom. The number of carbonyl (C=O) groups excluding carboxylic acids is 1. The zero-order valence-corrected chi connectivity index (χ0v) is 17.3. The van der Waals surface area contributed by atoms with E-state index in [1.807, 2.05) is 13.8 Å². The monoisotopic (exact) mass is 406 g/mol. The van der Waals surface area contributed by atoms with Crippen LogP contribution in [0.1, 0.15) is 46.8 Å². The summed E-state index contributed by atoms with van der Waals surface area (Å²) in [7, 11) is 0. The first-order valence-electron chi connectivity index (χ1n) is 10.2. The molecule has 1 aliphatic rings. The molecule has 0 spiro atoms. The first-order chi connectivity index (χ1) is 14.0. The van der Waals surface area contributed by atoms with Crippen molar-refractivity contribution in [3.05, 3.63) is 12.7 Å². The highest BCUT2D eigenvalue weighted by Gasteiger charge is 2.48. The zero-order valence-electron chi connectivity index (χ0n) is 17.3. The largest absolute Gasteiger partial charge is 0.387 e. The van der Waals surface area contributed by atoms with Gasteiger partial charge in [0.25, 0.3) is 5.91 Å². The molecule has 2 aromatic rings. The van der Waals surface area contributed by atoms with E-state index in [2.05, 4.69) is 34.1 Å². The molecule has 3 rings (SSSR count). The smallest absolute Gasteiger partial charge is 0.254 e. The molecule has 2 aromatic heterocycles. The van der Waals surface area contributed by atoms with E-state index in [0.717, 1.165) is 12.8 Å². The zero-order chi connectivity index (χ0) is 21.1. The molecule has 1 amide bonds. The Hall–Kier alpha value is -2.30. The number of rotatable bonds is 8. The molecule has 0 saturated carbocycles. The van der Waals surface area contributed by atoms with Gasteiger partial charge in [0.15, 0.2) is 29.3 Å². The van der Waals surface area contributed by atoms with Crippen LogP contribution in [0, 0.1) is 0 Å². The second kappa shape index (κ2) is 9.02. The maximum atomic E-state index is 12.7. The van der Waals surface area contributed by atoms with Crippen LogP contribution in [0.2, 0.25) is 0 Å². The molecule has 29 heavy (non-hydrogen) atoms. The van der Waals surface area contributed by atoms with Gasteiger partial charge in [0.1, 0.15) is 18.5 Å². The van der Waals surface area contributed by atoms with Gasteiger partial charge in [-0.3, -0.25) is 9.36 Å². The van der Waals surface area contributed by atoms with Gasteiger partial charge in [0.05, 0.1) is 6.33 Å². The van der Waals surface area contributed by atoms with Crippen LogP contribution in [0.3, 0.4) is 0 Å². The van der Waals surface area contributed by atoms with Crippen LogP contribution in [-0.4, -0.2) is 78.0 Å². The van der Waals surface area contributed by atoms with E-state index in [-0.39, 0.29) is 11.9 Å². The molecule has 160 valence electrons. The summed E-state index contributed by atoms with van der Waals surface area (Å²) in [6.07, 6.45) is 0.0379. The van der Waals surface area contributed by atoms with E-state index in [0.29, 0.717) is 30.1 Å². The summed E-state index contributed by atoms with van der Waals surface area (Å²) in [5, 5.41) is 24.4. The number of nitrogens with zero attached hydrogens (tertiary/aromatic N) is 5. The Balaban J connectivity index is 1.90. The Kier molecular flexibility index (Phi) is 6.66. The van der Waals surface area contributed by atoms with Crippen LogP contribution in [0.15, 0.2) is 12.7 Å². The van der Waals surface area contributed by atoms with Crippen molar-refractivity contribution in [1.82, 2.24) is 24.4 Å². The molecule has 1 saturated heterocycles. The van der Waals surface area contributed by atoms with Crippen LogP contribution in [0.25, 0.3) is 11.2 Å².